The third-order valence-electron chi connectivity index (χ3n) is 4.41. The first-order valence-electron chi connectivity index (χ1n) is 7.81. The summed E-state index contributed by atoms with van der Waals surface area (Å²) in [6.45, 7) is 2.93. The standard InChI is InChI=1S/C16H19ClFN3O2.ClH/c17-14-8-11(18)3-4-13(14)16(23)20-6-1-2-12(10-20)21-7-5-19-9-15(21)22;/h3-4,8,12,19H,1-2,5-7,9-10H2;1H. The zero-order valence-corrected chi connectivity index (χ0v) is 14.7. The van der Waals surface area contributed by atoms with Crippen LogP contribution in [0.25, 0.3) is 0 Å². The summed E-state index contributed by atoms with van der Waals surface area (Å²) in [5, 5.41) is 3.17. The second-order valence-corrected chi connectivity index (χ2v) is 6.34. The first kappa shape index (κ1) is 19.0. The molecular weight excluding hydrogens is 356 g/mol. The van der Waals surface area contributed by atoms with Crippen molar-refractivity contribution in [1.82, 2.24) is 15.1 Å². The maximum atomic E-state index is 13.1. The van der Waals surface area contributed by atoms with Crippen LogP contribution >= 0.6 is 24.0 Å². The first-order valence-corrected chi connectivity index (χ1v) is 8.18. The van der Waals surface area contributed by atoms with Crippen molar-refractivity contribution in [2.24, 2.45) is 0 Å². The smallest absolute Gasteiger partial charge is 0.255 e. The van der Waals surface area contributed by atoms with Crippen LogP contribution in [0, 0.1) is 5.82 Å². The number of amides is 2. The highest BCUT2D eigenvalue weighted by Gasteiger charge is 2.32. The normalized spacial score (nSPS) is 21.4. The highest BCUT2D eigenvalue weighted by atomic mass is 35.5. The van der Waals surface area contributed by atoms with E-state index >= 15 is 0 Å². The van der Waals surface area contributed by atoms with Crippen molar-refractivity contribution in [1.29, 1.82) is 0 Å². The van der Waals surface area contributed by atoms with Crippen LogP contribution in [-0.2, 0) is 4.79 Å². The van der Waals surface area contributed by atoms with Gasteiger partial charge in [-0.05, 0) is 31.0 Å². The van der Waals surface area contributed by atoms with E-state index in [1.807, 2.05) is 4.90 Å². The van der Waals surface area contributed by atoms with Crippen molar-refractivity contribution in [3.8, 4) is 0 Å². The molecule has 0 saturated carbocycles. The largest absolute Gasteiger partial charge is 0.337 e. The maximum Gasteiger partial charge on any atom is 0.255 e. The quantitative estimate of drug-likeness (QED) is 0.859. The van der Waals surface area contributed by atoms with Gasteiger partial charge in [-0.1, -0.05) is 11.6 Å². The van der Waals surface area contributed by atoms with Crippen molar-refractivity contribution in [3.63, 3.8) is 0 Å². The van der Waals surface area contributed by atoms with E-state index in [0.717, 1.165) is 25.5 Å². The summed E-state index contributed by atoms with van der Waals surface area (Å²) in [4.78, 5) is 28.2. The van der Waals surface area contributed by atoms with Gasteiger partial charge in [0, 0.05) is 32.2 Å². The fraction of sp³-hybridized carbons (Fsp3) is 0.500. The summed E-state index contributed by atoms with van der Waals surface area (Å²) in [6.07, 6.45) is 1.74. The summed E-state index contributed by atoms with van der Waals surface area (Å²) >= 11 is 5.99. The van der Waals surface area contributed by atoms with Gasteiger partial charge in [-0.15, -0.1) is 12.4 Å². The molecule has 3 rings (SSSR count). The molecule has 0 aliphatic carbocycles. The van der Waals surface area contributed by atoms with Gasteiger partial charge in [0.05, 0.1) is 17.1 Å². The van der Waals surface area contributed by atoms with Gasteiger partial charge >= 0.3 is 0 Å². The number of halogens is 3. The Morgan fingerprint density at radius 3 is 2.83 bits per heavy atom. The second kappa shape index (κ2) is 8.14. The van der Waals surface area contributed by atoms with E-state index in [1.54, 1.807) is 4.90 Å². The number of carbonyl (C=O) groups is 2. The highest BCUT2D eigenvalue weighted by Crippen LogP contribution is 2.23. The van der Waals surface area contributed by atoms with Crippen LogP contribution in [0.15, 0.2) is 18.2 Å². The number of benzene rings is 1. The summed E-state index contributed by atoms with van der Waals surface area (Å²) in [5.41, 5.74) is 0.306. The van der Waals surface area contributed by atoms with Crippen LogP contribution in [0.2, 0.25) is 5.02 Å². The Bertz CT molecular complexity index is 629. The van der Waals surface area contributed by atoms with Crippen LogP contribution in [0.5, 0.6) is 0 Å². The fourth-order valence-corrected chi connectivity index (χ4v) is 3.48. The molecule has 0 bridgehead atoms. The van der Waals surface area contributed by atoms with Gasteiger partial charge in [-0.2, -0.15) is 0 Å². The molecule has 1 aromatic carbocycles. The predicted octanol–water partition coefficient (Wildman–Crippen LogP) is 1.94. The molecular formula is C16H20Cl2FN3O2. The molecule has 24 heavy (non-hydrogen) atoms. The summed E-state index contributed by atoms with van der Waals surface area (Å²) in [6, 6.07) is 3.84. The molecule has 1 aromatic rings. The molecule has 1 atom stereocenters. The van der Waals surface area contributed by atoms with Crippen LogP contribution in [0.1, 0.15) is 23.2 Å². The van der Waals surface area contributed by atoms with Crippen molar-refractivity contribution in [2.75, 3.05) is 32.7 Å². The summed E-state index contributed by atoms with van der Waals surface area (Å²) in [5.74, 6) is -0.591. The van der Waals surface area contributed by atoms with E-state index in [0.29, 0.717) is 31.7 Å². The zero-order valence-electron chi connectivity index (χ0n) is 13.1. The third kappa shape index (κ3) is 3.99. The number of hydrogen-bond donors (Lipinski definition) is 1. The Hall–Kier alpha value is -1.37. The number of piperazine rings is 1. The van der Waals surface area contributed by atoms with E-state index in [9.17, 15) is 14.0 Å². The predicted molar refractivity (Wildman–Crippen MR) is 92.2 cm³/mol. The van der Waals surface area contributed by atoms with Gasteiger partial charge in [0.1, 0.15) is 5.82 Å². The molecule has 1 N–H and O–H groups in total. The summed E-state index contributed by atoms with van der Waals surface area (Å²) in [7, 11) is 0. The van der Waals surface area contributed by atoms with E-state index < -0.39 is 5.82 Å². The van der Waals surface area contributed by atoms with E-state index in [1.165, 1.54) is 12.1 Å². The molecule has 2 aliphatic rings. The summed E-state index contributed by atoms with van der Waals surface area (Å²) < 4.78 is 13.1. The Morgan fingerprint density at radius 2 is 2.12 bits per heavy atom. The van der Waals surface area contributed by atoms with Crippen molar-refractivity contribution >= 4 is 35.8 Å². The van der Waals surface area contributed by atoms with Crippen molar-refractivity contribution < 1.29 is 14.0 Å². The lowest BCUT2D eigenvalue weighted by molar-refractivity contribution is -0.135. The van der Waals surface area contributed by atoms with Gasteiger partial charge in [-0.25, -0.2) is 4.39 Å². The van der Waals surface area contributed by atoms with Crippen molar-refractivity contribution in [2.45, 2.75) is 18.9 Å². The van der Waals surface area contributed by atoms with Crippen LogP contribution < -0.4 is 5.32 Å². The number of rotatable bonds is 2. The number of nitrogens with zero attached hydrogens (tertiary/aromatic N) is 2. The second-order valence-electron chi connectivity index (χ2n) is 5.94. The zero-order chi connectivity index (χ0) is 16.4. The Morgan fingerprint density at radius 1 is 1.33 bits per heavy atom. The topological polar surface area (TPSA) is 52.7 Å². The molecule has 0 radical (unpaired) electrons. The van der Waals surface area contributed by atoms with E-state index in [-0.39, 0.29) is 35.3 Å². The number of nitrogens with one attached hydrogen (secondary N) is 1. The number of carbonyl (C=O) groups excluding carboxylic acids is 2. The lowest BCUT2D eigenvalue weighted by atomic mass is 10.0. The number of hydrogen-bond acceptors (Lipinski definition) is 3. The minimum Gasteiger partial charge on any atom is -0.337 e. The Labute approximate surface area is 151 Å². The third-order valence-corrected chi connectivity index (χ3v) is 4.72. The molecule has 2 saturated heterocycles. The highest BCUT2D eigenvalue weighted by molar-refractivity contribution is 6.33. The van der Waals surface area contributed by atoms with Crippen LogP contribution in [0.3, 0.4) is 0 Å². The van der Waals surface area contributed by atoms with Crippen LogP contribution in [0.4, 0.5) is 4.39 Å². The Kier molecular flexibility index (Phi) is 6.43. The van der Waals surface area contributed by atoms with Gasteiger partial charge in [-0.3, -0.25) is 9.59 Å². The van der Waals surface area contributed by atoms with Gasteiger partial charge in [0.25, 0.3) is 5.91 Å². The fourth-order valence-electron chi connectivity index (χ4n) is 3.23. The molecule has 2 heterocycles. The molecule has 132 valence electrons. The van der Waals surface area contributed by atoms with Crippen LogP contribution in [-0.4, -0.2) is 60.4 Å². The van der Waals surface area contributed by atoms with E-state index in [2.05, 4.69) is 5.32 Å². The van der Waals surface area contributed by atoms with Crippen molar-refractivity contribution in [3.05, 3.63) is 34.6 Å². The molecule has 0 aromatic heterocycles. The lowest BCUT2D eigenvalue weighted by Crippen LogP contribution is -2.57. The number of piperidine rings is 1. The lowest BCUT2D eigenvalue weighted by Gasteiger charge is -2.41. The molecule has 8 heteroatoms. The molecule has 2 aliphatic heterocycles. The van der Waals surface area contributed by atoms with Gasteiger partial charge in [0.15, 0.2) is 0 Å². The van der Waals surface area contributed by atoms with Gasteiger partial charge in [0.2, 0.25) is 5.91 Å². The molecule has 2 amide bonds. The average Bonchev–Trinajstić information content (AvgIpc) is 2.55. The monoisotopic (exact) mass is 375 g/mol. The minimum atomic E-state index is -0.463. The SMILES string of the molecule is Cl.O=C(c1ccc(F)cc1Cl)N1CCCC(N2CCNCC2=O)C1. The molecule has 2 fully saturated rings. The Balaban J connectivity index is 0.00000208. The maximum absolute atomic E-state index is 13.1. The van der Waals surface area contributed by atoms with E-state index in [4.69, 9.17) is 11.6 Å². The minimum absolute atomic E-state index is 0. The average molecular weight is 376 g/mol. The first-order chi connectivity index (χ1) is 11.1. The van der Waals surface area contributed by atoms with Gasteiger partial charge < -0.3 is 15.1 Å². The molecule has 1 unspecified atom stereocenters. The number of likely N-dealkylation sites (tertiary alicyclic amines) is 1. The molecule has 5 nitrogen and oxygen atoms in total. The molecule has 0 spiro atoms.